The number of nitrogens with zero attached hydrogens (tertiary/aromatic N) is 2. The van der Waals surface area contributed by atoms with Crippen molar-refractivity contribution in [1.82, 2.24) is 9.80 Å². The van der Waals surface area contributed by atoms with Crippen molar-refractivity contribution in [3.63, 3.8) is 0 Å². The average molecular weight is 521 g/mol. The van der Waals surface area contributed by atoms with Gasteiger partial charge in [-0.25, -0.2) is 0 Å². The lowest BCUT2D eigenvalue weighted by atomic mass is 10.1. The molecule has 0 fully saturated rings. The van der Waals surface area contributed by atoms with Gasteiger partial charge in [0.15, 0.2) is 0 Å². The molecule has 6 nitrogen and oxygen atoms in total. The van der Waals surface area contributed by atoms with Crippen molar-refractivity contribution in [3.05, 3.63) is 93.5 Å². The molecule has 1 amide bonds. The zero-order valence-corrected chi connectivity index (χ0v) is 21.5. The van der Waals surface area contributed by atoms with E-state index in [0.29, 0.717) is 35.8 Å². The van der Waals surface area contributed by atoms with Crippen molar-refractivity contribution in [2.45, 2.75) is 18.4 Å². The molecule has 0 saturated heterocycles. The Morgan fingerprint density at radius 2 is 1.53 bits per heavy atom. The molecule has 34 heavy (non-hydrogen) atoms. The van der Waals surface area contributed by atoms with E-state index in [9.17, 15) is 13.2 Å². The Balaban J connectivity index is 1.79. The number of aryl methyl sites for hydroxylation is 1. The second-order valence-corrected chi connectivity index (χ2v) is 10.4. The molecule has 0 atom stereocenters. The topological polar surface area (TPSA) is 66.9 Å². The molecule has 0 heterocycles. The number of benzene rings is 3. The second-order valence-electron chi connectivity index (χ2n) is 8.08. The molecule has 0 unspecified atom stereocenters. The highest BCUT2D eigenvalue weighted by atomic mass is 35.5. The van der Waals surface area contributed by atoms with Crippen LogP contribution in [0.25, 0.3) is 0 Å². The quantitative estimate of drug-likeness (QED) is 0.359. The summed E-state index contributed by atoms with van der Waals surface area (Å²) < 4.78 is 30.8. The third-order valence-corrected chi connectivity index (χ3v) is 7.34. The zero-order valence-electron chi connectivity index (χ0n) is 19.2. The Morgan fingerprint density at radius 1 is 0.882 bits per heavy atom. The molecule has 0 aromatic heterocycles. The average Bonchev–Trinajstić information content (AvgIpc) is 2.77. The standard InChI is InChI=1S/C25H26Cl2N2O4S/c1-18-7-6-10-23(27)24(18)34(31,32)33-20-13-11-19(12-14-20)17-29(16-15-28(2)3)25(30)21-8-4-5-9-22(21)26/h4-14H,15-17H2,1-3H3. The molecule has 9 heteroatoms. The minimum atomic E-state index is -4.10. The molecule has 3 rings (SSSR count). The molecule has 3 aromatic carbocycles. The summed E-state index contributed by atoms with van der Waals surface area (Å²) in [5.41, 5.74) is 1.75. The first-order chi connectivity index (χ1) is 16.1. The lowest BCUT2D eigenvalue weighted by Gasteiger charge is -2.25. The molecule has 0 N–H and O–H groups in total. The third kappa shape index (κ3) is 6.51. The zero-order chi connectivity index (χ0) is 24.9. The van der Waals surface area contributed by atoms with Crippen LogP contribution in [0.4, 0.5) is 0 Å². The van der Waals surface area contributed by atoms with Crippen molar-refractivity contribution < 1.29 is 17.4 Å². The van der Waals surface area contributed by atoms with Crippen LogP contribution in [-0.2, 0) is 16.7 Å². The highest BCUT2D eigenvalue weighted by molar-refractivity contribution is 7.87. The summed E-state index contributed by atoms with van der Waals surface area (Å²) >= 11 is 12.3. The van der Waals surface area contributed by atoms with E-state index >= 15 is 0 Å². The van der Waals surface area contributed by atoms with E-state index in [4.69, 9.17) is 27.4 Å². The molecular weight excluding hydrogens is 495 g/mol. The van der Waals surface area contributed by atoms with E-state index in [1.807, 2.05) is 19.0 Å². The highest BCUT2D eigenvalue weighted by Crippen LogP contribution is 2.28. The molecule has 0 radical (unpaired) electrons. The largest absolute Gasteiger partial charge is 0.379 e. The fraction of sp³-hybridized carbons (Fsp3) is 0.240. The summed E-state index contributed by atoms with van der Waals surface area (Å²) in [7, 11) is -0.228. The van der Waals surface area contributed by atoms with Gasteiger partial charge < -0.3 is 14.0 Å². The molecule has 0 spiro atoms. The maximum absolute atomic E-state index is 13.2. The minimum absolute atomic E-state index is 0.0547. The number of halogens is 2. The van der Waals surface area contributed by atoms with Crippen LogP contribution in [0.15, 0.2) is 71.6 Å². The molecule has 0 aliphatic heterocycles. The van der Waals surface area contributed by atoms with Gasteiger partial charge in [-0.3, -0.25) is 4.79 Å². The van der Waals surface area contributed by atoms with Crippen molar-refractivity contribution in [2.75, 3.05) is 27.2 Å². The number of amides is 1. The fourth-order valence-corrected chi connectivity index (χ4v) is 5.29. The third-order valence-electron chi connectivity index (χ3n) is 5.13. The first-order valence-electron chi connectivity index (χ1n) is 10.6. The summed E-state index contributed by atoms with van der Waals surface area (Å²) in [6.07, 6.45) is 0. The van der Waals surface area contributed by atoms with Gasteiger partial charge >= 0.3 is 10.1 Å². The predicted octanol–water partition coefficient (Wildman–Crippen LogP) is 5.27. The maximum Gasteiger partial charge on any atom is 0.340 e. The molecular formula is C25H26Cl2N2O4S. The van der Waals surface area contributed by atoms with Gasteiger partial charge in [0.05, 0.1) is 15.6 Å². The number of carbonyl (C=O) groups excluding carboxylic acids is 1. The lowest BCUT2D eigenvalue weighted by Crippen LogP contribution is -2.36. The van der Waals surface area contributed by atoms with E-state index in [1.165, 1.54) is 6.07 Å². The van der Waals surface area contributed by atoms with Gasteiger partial charge in [0.25, 0.3) is 5.91 Å². The Hall–Kier alpha value is -2.58. The van der Waals surface area contributed by atoms with Crippen molar-refractivity contribution in [3.8, 4) is 5.75 Å². The Labute approximate surface area is 210 Å². The Bertz CT molecular complexity index is 1240. The lowest BCUT2D eigenvalue weighted by molar-refractivity contribution is 0.0732. The summed E-state index contributed by atoms with van der Waals surface area (Å²) in [6.45, 7) is 3.15. The summed E-state index contributed by atoms with van der Waals surface area (Å²) in [5.74, 6) is -0.0232. The molecule has 0 saturated carbocycles. The van der Waals surface area contributed by atoms with Gasteiger partial charge in [0.1, 0.15) is 10.6 Å². The molecule has 3 aromatic rings. The summed E-state index contributed by atoms with van der Waals surface area (Å²) in [5, 5.41) is 0.498. The van der Waals surface area contributed by atoms with Crippen LogP contribution < -0.4 is 4.18 Å². The van der Waals surface area contributed by atoms with E-state index in [-0.39, 0.29) is 21.6 Å². The summed E-state index contributed by atoms with van der Waals surface area (Å²) in [6, 6.07) is 18.4. The van der Waals surface area contributed by atoms with Crippen LogP contribution in [0.2, 0.25) is 10.0 Å². The fourth-order valence-electron chi connectivity index (χ4n) is 3.35. The maximum atomic E-state index is 13.2. The van der Waals surface area contributed by atoms with Crippen molar-refractivity contribution >= 4 is 39.2 Å². The van der Waals surface area contributed by atoms with Crippen molar-refractivity contribution in [1.29, 1.82) is 0 Å². The van der Waals surface area contributed by atoms with Gasteiger partial charge in [-0.15, -0.1) is 0 Å². The number of hydrogen-bond donors (Lipinski definition) is 0. The summed E-state index contributed by atoms with van der Waals surface area (Å²) in [4.78, 5) is 16.8. The van der Waals surface area contributed by atoms with Gasteiger partial charge in [-0.1, -0.05) is 59.6 Å². The molecule has 0 bridgehead atoms. The normalized spacial score (nSPS) is 11.5. The smallest absolute Gasteiger partial charge is 0.340 e. The number of hydrogen-bond acceptors (Lipinski definition) is 5. The molecule has 180 valence electrons. The highest BCUT2D eigenvalue weighted by Gasteiger charge is 2.23. The first kappa shape index (κ1) is 26.0. The van der Waals surface area contributed by atoms with E-state index in [0.717, 1.165) is 5.56 Å². The first-order valence-corrected chi connectivity index (χ1v) is 12.7. The molecule has 0 aliphatic carbocycles. The number of rotatable bonds is 9. The van der Waals surface area contributed by atoms with Crippen LogP contribution in [-0.4, -0.2) is 51.3 Å². The molecule has 0 aliphatic rings. The van der Waals surface area contributed by atoms with Crippen LogP contribution >= 0.6 is 23.2 Å². The van der Waals surface area contributed by atoms with E-state index in [1.54, 1.807) is 72.5 Å². The monoisotopic (exact) mass is 520 g/mol. The minimum Gasteiger partial charge on any atom is -0.379 e. The van der Waals surface area contributed by atoms with Gasteiger partial charge in [0, 0.05) is 19.6 Å². The van der Waals surface area contributed by atoms with Crippen LogP contribution in [0.1, 0.15) is 21.5 Å². The van der Waals surface area contributed by atoms with Crippen LogP contribution in [0.3, 0.4) is 0 Å². The van der Waals surface area contributed by atoms with E-state index in [2.05, 4.69) is 0 Å². The predicted molar refractivity (Wildman–Crippen MR) is 135 cm³/mol. The van der Waals surface area contributed by atoms with Crippen LogP contribution in [0.5, 0.6) is 5.75 Å². The van der Waals surface area contributed by atoms with Gasteiger partial charge in [0.2, 0.25) is 0 Å². The van der Waals surface area contributed by atoms with Crippen molar-refractivity contribution in [2.24, 2.45) is 0 Å². The van der Waals surface area contributed by atoms with Gasteiger partial charge in [-0.05, 0) is 62.5 Å². The van der Waals surface area contributed by atoms with Gasteiger partial charge in [-0.2, -0.15) is 8.42 Å². The Morgan fingerprint density at radius 3 is 2.15 bits per heavy atom. The second kappa shape index (κ2) is 11.2. The SMILES string of the molecule is Cc1cccc(Cl)c1S(=O)(=O)Oc1ccc(CN(CCN(C)C)C(=O)c2ccccc2Cl)cc1. The Kier molecular flexibility index (Phi) is 8.60. The number of carbonyl (C=O) groups is 1. The number of likely N-dealkylation sites (N-methyl/N-ethyl adjacent to an activating group) is 1. The van der Waals surface area contributed by atoms with E-state index < -0.39 is 10.1 Å². The van der Waals surface area contributed by atoms with Crippen LogP contribution in [0, 0.1) is 6.92 Å².